The van der Waals surface area contributed by atoms with E-state index in [1.165, 1.54) is 0 Å². The van der Waals surface area contributed by atoms with Gasteiger partial charge in [-0.15, -0.1) is 0 Å². The molecule has 0 aliphatic carbocycles. The zero-order valence-corrected chi connectivity index (χ0v) is 14.7. The maximum atomic E-state index is 12.5. The van der Waals surface area contributed by atoms with Gasteiger partial charge in [0.1, 0.15) is 6.10 Å². The Balaban J connectivity index is 1.37. The summed E-state index contributed by atoms with van der Waals surface area (Å²) >= 11 is 3.39. The van der Waals surface area contributed by atoms with E-state index < -0.39 is 0 Å². The molecule has 0 spiro atoms. The third-order valence-corrected chi connectivity index (χ3v) is 4.53. The minimum atomic E-state index is -0.161. The second kappa shape index (κ2) is 6.68. The Labute approximate surface area is 152 Å². The average molecular weight is 400 g/mol. The highest BCUT2D eigenvalue weighted by atomic mass is 79.9. The van der Waals surface area contributed by atoms with Gasteiger partial charge in [0.25, 0.3) is 5.91 Å². The van der Waals surface area contributed by atoms with E-state index in [9.17, 15) is 4.79 Å². The number of hydrogen-bond donors (Lipinski definition) is 0. The molecule has 0 unspecified atom stereocenters. The fraction of sp³-hybridized carbons (Fsp3) is 0.167. The molecule has 1 aliphatic heterocycles. The van der Waals surface area contributed by atoms with E-state index in [1.807, 2.05) is 42.5 Å². The molecule has 0 radical (unpaired) electrons. The average Bonchev–Trinajstić information content (AvgIpc) is 3.09. The highest BCUT2D eigenvalue weighted by Gasteiger charge is 2.34. The topological polar surface area (TPSA) is 68.5 Å². The lowest BCUT2D eigenvalue weighted by atomic mass is 10.1. The first-order valence-electron chi connectivity index (χ1n) is 7.79. The Bertz CT molecular complexity index is 891. The van der Waals surface area contributed by atoms with Crippen molar-refractivity contribution in [3.63, 3.8) is 0 Å². The number of amides is 1. The first-order valence-corrected chi connectivity index (χ1v) is 8.58. The van der Waals surface area contributed by atoms with Crippen LogP contribution in [0.5, 0.6) is 5.88 Å². The maximum absolute atomic E-state index is 12.5. The lowest BCUT2D eigenvalue weighted by molar-refractivity contribution is 0.0150. The van der Waals surface area contributed by atoms with E-state index in [1.54, 1.807) is 17.2 Å². The fourth-order valence-electron chi connectivity index (χ4n) is 2.57. The van der Waals surface area contributed by atoms with E-state index in [0.717, 1.165) is 10.0 Å². The second-order valence-electron chi connectivity index (χ2n) is 5.68. The van der Waals surface area contributed by atoms with Crippen molar-refractivity contribution in [3.8, 4) is 17.2 Å². The van der Waals surface area contributed by atoms with Crippen molar-refractivity contribution in [1.82, 2.24) is 15.0 Å². The predicted octanol–water partition coefficient (Wildman–Crippen LogP) is 3.40. The lowest BCUT2D eigenvalue weighted by Crippen LogP contribution is -2.56. The summed E-state index contributed by atoms with van der Waals surface area (Å²) in [6.07, 6.45) is 1.60. The largest absolute Gasteiger partial charge is 0.470 e. The van der Waals surface area contributed by atoms with E-state index in [-0.39, 0.29) is 12.0 Å². The van der Waals surface area contributed by atoms with Crippen molar-refractivity contribution in [2.75, 3.05) is 13.1 Å². The lowest BCUT2D eigenvalue weighted by Gasteiger charge is -2.38. The minimum absolute atomic E-state index is 0.0735. The summed E-state index contributed by atoms with van der Waals surface area (Å²) < 4.78 is 11.9. The van der Waals surface area contributed by atoms with Gasteiger partial charge in [-0.1, -0.05) is 35.5 Å². The van der Waals surface area contributed by atoms with Gasteiger partial charge in [-0.3, -0.25) is 4.79 Å². The number of carbonyl (C=O) groups is 1. The number of ether oxygens (including phenoxy) is 1. The molecule has 1 saturated heterocycles. The van der Waals surface area contributed by atoms with Gasteiger partial charge in [0, 0.05) is 17.8 Å². The molecule has 0 atom stereocenters. The van der Waals surface area contributed by atoms with Crippen molar-refractivity contribution >= 4 is 21.8 Å². The number of aromatic nitrogens is 2. The molecule has 3 heterocycles. The van der Waals surface area contributed by atoms with Crippen LogP contribution < -0.4 is 4.74 Å². The molecule has 6 nitrogen and oxygen atoms in total. The normalized spacial score (nSPS) is 14.2. The summed E-state index contributed by atoms with van der Waals surface area (Å²) in [5, 5.41) is 3.89. The SMILES string of the molecule is O=C(c1cc(-c2ccccc2)on1)N1CC(Oc2ncccc2Br)C1. The van der Waals surface area contributed by atoms with E-state index >= 15 is 0 Å². The molecule has 2 aromatic heterocycles. The summed E-state index contributed by atoms with van der Waals surface area (Å²) in [5.74, 6) is 0.952. The van der Waals surface area contributed by atoms with Crippen molar-refractivity contribution in [1.29, 1.82) is 0 Å². The number of benzene rings is 1. The molecular weight excluding hydrogens is 386 g/mol. The quantitative estimate of drug-likeness (QED) is 0.672. The highest BCUT2D eigenvalue weighted by molar-refractivity contribution is 9.10. The van der Waals surface area contributed by atoms with Gasteiger partial charge in [0.15, 0.2) is 11.5 Å². The Morgan fingerprint density at radius 1 is 1.20 bits per heavy atom. The number of likely N-dealkylation sites (tertiary alicyclic amines) is 1. The van der Waals surface area contributed by atoms with Crippen LogP contribution in [0.25, 0.3) is 11.3 Å². The summed E-state index contributed by atoms with van der Waals surface area (Å²) in [6, 6.07) is 14.9. The molecule has 1 amide bonds. The van der Waals surface area contributed by atoms with Crippen LogP contribution in [0.3, 0.4) is 0 Å². The molecule has 0 bridgehead atoms. The third kappa shape index (κ3) is 3.28. The van der Waals surface area contributed by atoms with Crippen LogP contribution >= 0.6 is 15.9 Å². The summed E-state index contributed by atoms with van der Waals surface area (Å²) in [5.41, 5.74) is 1.19. The highest BCUT2D eigenvalue weighted by Crippen LogP contribution is 2.26. The van der Waals surface area contributed by atoms with Gasteiger partial charge in [-0.25, -0.2) is 4.98 Å². The number of rotatable bonds is 4. The molecular formula is C18H14BrN3O3. The molecule has 1 aliphatic rings. The monoisotopic (exact) mass is 399 g/mol. The minimum Gasteiger partial charge on any atom is -0.470 e. The van der Waals surface area contributed by atoms with Crippen LogP contribution in [0.2, 0.25) is 0 Å². The molecule has 1 fully saturated rings. The number of halogens is 1. The molecule has 7 heteroatoms. The number of hydrogen-bond acceptors (Lipinski definition) is 5. The first-order chi connectivity index (χ1) is 12.2. The van der Waals surface area contributed by atoms with Gasteiger partial charge in [-0.05, 0) is 28.1 Å². The van der Waals surface area contributed by atoms with Crippen LogP contribution in [-0.4, -0.2) is 40.1 Å². The van der Waals surface area contributed by atoms with E-state index in [2.05, 4.69) is 26.1 Å². The Kier molecular flexibility index (Phi) is 4.23. The van der Waals surface area contributed by atoms with Gasteiger partial charge < -0.3 is 14.2 Å². The van der Waals surface area contributed by atoms with Crippen LogP contribution in [-0.2, 0) is 0 Å². The Morgan fingerprint density at radius 3 is 2.76 bits per heavy atom. The number of nitrogens with zero attached hydrogens (tertiary/aromatic N) is 3. The second-order valence-corrected chi connectivity index (χ2v) is 6.54. The zero-order chi connectivity index (χ0) is 17.2. The van der Waals surface area contributed by atoms with Crippen molar-refractivity contribution < 1.29 is 14.1 Å². The standard InChI is InChI=1S/C18H14BrN3O3/c19-14-7-4-8-20-17(14)24-13-10-22(11-13)18(23)15-9-16(25-21-15)12-5-2-1-3-6-12/h1-9,13H,10-11H2. The number of pyridine rings is 1. The first kappa shape index (κ1) is 15.8. The smallest absolute Gasteiger partial charge is 0.276 e. The van der Waals surface area contributed by atoms with E-state index in [0.29, 0.717) is 30.4 Å². The number of carbonyl (C=O) groups excluding carboxylic acids is 1. The van der Waals surface area contributed by atoms with Crippen molar-refractivity contribution in [2.45, 2.75) is 6.10 Å². The molecule has 4 rings (SSSR count). The predicted molar refractivity (Wildman–Crippen MR) is 94.2 cm³/mol. The molecule has 0 N–H and O–H groups in total. The fourth-order valence-corrected chi connectivity index (χ4v) is 2.92. The van der Waals surface area contributed by atoms with Crippen LogP contribution in [0.4, 0.5) is 0 Å². The van der Waals surface area contributed by atoms with Gasteiger partial charge in [-0.2, -0.15) is 0 Å². The maximum Gasteiger partial charge on any atom is 0.276 e. The summed E-state index contributed by atoms with van der Waals surface area (Å²) in [4.78, 5) is 18.3. The zero-order valence-electron chi connectivity index (χ0n) is 13.1. The van der Waals surface area contributed by atoms with Crippen molar-refractivity contribution in [2.24, 2.45) is 0 Å². The molecule has 1 aromatic carbocycles. The van der Waals surface area contributed by atoms with Gasteiger partial charge >= 0.3 is 0 Å². The summed E-state index contributed by atoms with van der Waals surface area (Å²) in [7, 11) is 0. The molecule has 126 valence electrons. The molecule has 3 aromatic rings. The summed E-state index contributed by atoms with van der Waals surface area (Å²) in [6.45, 7) is 0.991. The van der Waals surface area contributed by atoms with Crippen LogP contribution in [0.1, 0.15) is 10.5 Å². The van der Waals surface area contributed by atoms with Gasteiger partial charge in [0.2, 0.25) is 5.88 Å². The molecule has 25 heavy (non-hydrogen) atoms. The van der Waals surface area contributed by atoms with Crippen molar-refractivity contribution in [3.05, 3.63) is 64.9 Å². The van der Waals surface area contributed by atoms with Crippen LogP contribution in [0, 0.1) is 0 Å². The van der Waals surface area contributed by atoms with Gasteiger partial charge in [0.05, 0.1) is 17.6 Å². The Hall–Kier alpha value is -2.67. The van der Waals surface area contributed by atoms with Crippen LogP contribution in [0.15, 0.2) is 63.7 Å². The molecule has 0 saturated carbocycles. The van der Waals surface area contributed by atoms with E-state index in [4.69, 9.17) is 9.26 Å². The Morgan fingerprint density at radius 2 is 2.00 bits per heavy atom. The third-order valence-electron chi connectivity index (χ3n) is 3.93.